The van der Waals surface area contributed by atoms with E-state index in [0.717, 1.165) is 11.1 Å². The third kappa shape index (κ3) is 4.71. The molecule has 0 saturated heterocycles. The minimum Gasteiger partial charge on any atom is -0.508 e. The first kappa shape index (κ1) is 22.3. The van der Waals surface area contributed by atoms with Gasteiger partial charge in [0, 0.05) is 6.42 Å². The number of aliphatic hydroxyl groups is 3. The molecule has 0 bridgehead atoms. The summed E-state index contributed by atoms with van der Waals surface area (Å²) >= 11 is 0. The minimum atomic E-state index is -2.16. The molecule has 3 N–H and O–H groups in total. The highest BCUT2D eigenvalue weighted by molar-refractivity contribution is 6.23. The highest BCUT2D eigenvalue weighted by Crippen LogP contribution is 2.43. The third-order valence-corrected chi connectivity index (χ3v) is 4.60. The number of allylic oxidation sites excluding steroid dienone is 4. The van der Waals surface area contributed by atoms with Crippen molar-refractivity contribution in [2.24, 2.45) is 11.8 Å². The lowest BCUT2D eigenvalue weighted by molar-refractivity contribution is -0.134. The molecular formula is C21H32O5. The Kier molecular flexibility index (Phi) is 7.54. The average molecular weight is 364 g/mol. The zero-order chi connectivity index (χ0) is 20.2. The maximum absolute atomic E-state index is 12.9. The van der Waals surface area contributed by atoms with E-state index in [1.54, 1.807) is 12.2 Å². The van der Waals surface area contributed by atoms with Crippen molar-refractivity contribution in [3.05, 3.63) is 34.6 Å². The van der Waals surface area contributed by atoms with Gasteiger partial charge < -0.3 is 15.3 Å². The van der Waals surface area contributed by atoms with Crippen LogP contribution in [0.3, 0.4) is 0 Å². The average Bonchev–Trinajstić information content (AvgIpc) is 2.69. The van der Waals surface area contributed by atoms with E-state index in [1.807, 2.05) is 41.5 Å². The van der Waals surface area contributed by atoms with E-state index in [2.05, 4.69) is 0 Å². The monoisotopic (exact) mass is 364 g/mol. The molecule has 0 heterocycles. The Hall–Kier alpha value is -1.72. The standard InChI is InChI=1S/C21H32O5/c1-12(2)7-9-15-19(24)18(16(22)11-14(5)6)20(25)21(15,26)17(23)10-8-13(3)4/h7-8,14-15,17,23,25-26H,9-11H2,1-6H3/t15-,17-,21?/m0/s1. The van der Waals surface area contributed by atoms with Gasteiger partial charge in [-0.25, -0.2) is 0 Å². The van der Waals surface area contributed by atoms with Crippen LogP contribution in [0, 0.1) is 11.8 Å². The maximum Gasteiger partial charge on any atom is 0.176 e. The zero-order valence-corrected chi connectivity index (χ0v) is 16.7. The summed E-state index contributed by atoms with van der Waals surface area (Å²) in [6.45, 7) is 11.1. The Morgan fingerprint density at radius 1 is 1.15 bits per heavy atom. The molecule has 0 aliphatic heterocycles. The van der Waals surface area contributed by atoms with Gasteiger partial charge in [-0.2, -0.15) is 0 Å². The van der Waals surface area contributed by atoms with E-state index < -0.39 is 34.9 Å². The lowest BCUT2D eigenvalue weighted by Crippen LogP contribution is -2.49. The first-order valence-corrected chi connectivity index (χ1v) is 9.11. The number of Topliss-reactive ketones (excluding diaryl/α,β-unsaturated/α-hetero) is 2. The largest absolute Gasteiger partial charge is 0.508 e. The van der Waals surface area contributed by atoms with Crippen LogP contribution in [0.4, 0.5) is 0 Å². The summed E-state index contributed by atoms with van der Waals surface area (Å²) in [5, 5.41) is 32.4. The molecule has 26 heavy (non-hydrogen) atoms. The van der Waals surface area contributed by atoms with Crippen molar-refractivity contribution in [1.82, 2.24) is 0 Å². The van der Waals surface area contributed by atoms with Crippen molar-refractivity contribution >= 4 is 11.6 Å². The van der Waals surface area contributed by atoms with Gasteiger partial charge in [0.2, 0.25) is 0 Å². The van der Waals surface area contributed by atoms with Gasteiger partial charge >= 0.3 is 0 Å². The van der Waals surface area contributed by atoms with Crippen LogP contribution in [0.2, 0.25) is 0 Å². The summed E-state index contributed by atoms with van der Waals surface area (Å²) in [5.74, 6) is -2.84. The molecule has 5 heteroatoms. The number of rotatable bonds is 8. The van der Waals surface area contributed by atoms with Gasteiger partial charge in [0.15, 0.2) is 17.2 Å². The smallest absolute Gasteiger partial charge is 0.176 e. The van der Waals surface area contributed by atoms with Gasteiger partial charge in [0.25, 0.3) is 0 Å². The Labute approximate surface area is 156 Å². The molecular weight excluding hydrogens is 332 g/mol. The molecule has 146 valence electrons. The predicted octanol–water partition coefficient (Wildman–Crippen LogP) is 3.42. The molecule has 0 spiro atoms. The van der Waals surface area contributed by atoms with Crippen LogP contribution in [0.5, 0.6) is 0 Å². The second-order valence-electron chi connectivity index (χ2n) is 8.04. The lowest BCUT2D eigenvalue weighted by atomic mass is 9.80. The molecule has 0 aromatic carbocycles. The fraction of sp³-hybridized carbons (Fsp3) is 0.619. The summed E-state index contributed by atoms with van der Waals surface area (Å²) in [5.41, 5.74) is -0.626. The summed E-state index contributed by atoms with van der Waals surface area (Å²) in [6.07, 6.45) is 2.43. The van der Waals surface area contributed by atoms with Crippen LogP contribution < -0.4 is 0 Å². The molecule has 3 atom stereocenters. The normalized spacial score (nSPS) is 24.0. The first-order valence-electron chi connectivity index (χ1n) is 9.11. The topological polar surface area (TPSA) is 94.8 Å². The quantitative estimate of drug-likeness (QED) is 0.453. The van der Waals surface area contributed by atoms with Gasteiger partial charge in [-0.3, -0.25) is 9.59 Å². The Balaban J connectivity index is 3.38. The van der Waals surface area contributed by atoms with Crippen LogP contribution in [0.25, 0.3) is 0 Å². The Bertz CT molecular complexity index is 645. The van der Waals surface area contributed by atoms with Crippen molar-refractivity contribution < 1.29 is 24.9 Å². The van der Waals surface area contributed by atoms with E-state index in [0.29, 0.717) is 0 Å². The fourth-order valence-electron chi connectivity index (χ4n) is 3.16. The summed E-state index contributed by atoms with van der Waals surface area (Å²) in [4.78, 5) is 25.3. The molecule has 1 aliphatic carbocycles. The van der Waals surface area contributed by atoms with Crippen LogP contribution in [0.1, 0.15) is 60.8 Å². The number of hydrogen-bond donors (Lipinski definition) is 3. The zero-order valence-electron chi connectivity index (χ0n) is 16.7. The third-order valence-electron chi connectivity index (χ3n) is 4.60. The molecule has 0 saturated carbocycles. The van der Waals surface area contributed by atoms with E-state index >= 15 is 0 Å². The van der Waals surface area contributed by atoms with Crippen molar-refractivity contribution in [3.63, 3.8) is 0 Å². The van der Waals surface area contributed by atoms with E-state index in [4.69, 9.17) is 0 Å². The maximum atomic E-state index is 12.9. The molecule has 1 aliphatic rings. The Morgan fingerprint density at radius 2 is 1.69 bits per heavy atom. The molecule has 5 nitrogen and oxygen atoms in total. The highest BCUT2D eigenvalue weighted by atomic mass is 16.4. The fourth-order valence-corrected chi connectivity index (χ4v) is 3.16. The highest BCUT2D eigenvalue weighted by Gasteiger charge is 2.58. The number of aliphatic hydroxyl groups excluding tert-OH is 2. The van der Waals surface area contributed by atoms with E-state index in [-0.39, 0.29) is 30.8 Å². The minimum absolute atomic E-state index is 0.0103. The van der Waals surface area contributed by atoms with Gasteiger partial charge in [0.05, 0.1) is 12.0 Å². The van der Waals surface area contributed by atoms with Gasteiger partial charge in [-0.05, 0) is 46.5 Å². The molecule has 1 rings (SSSR count). The summed E-state index contributed by atoms with van der Waals surface area (Å²) in [6, 6.07) is 0. The van der Waals surface area contributed by atoms with Gasteiger partial charge in [-0.1, -0.05) is 37.1 Å². The summed E-state index contributed by atoms with van der Waals surface area (Å²) in [7, 11) is 0. The first-order chi connectivity index (χ1) is 11.9. The van der Waals surface area contributed by atoms with Crippen molar-refractivity contribution in [2.75, 3.05) is 0 Å². The molecule has 0 amide bonds. The molecule has 0 aromatic heterocycles. The van der Waals surface area contributed by atoms with Crippen molar-refractivity contribution in [2.45, 2.75) is 72.5 Å². The molecule has 0 radical (unpaired) electrons. The molecule has 1 unspecified atom stereocenters. The van der Waals surface area contributed by atoms with Gasteiger partial charge in [0.1, 0.15) is 11.3 Å². The van der Waals surface area contributed by atoms with E-state index in [9.17, 15) is 24.9 Å². The SMILES string of the molecule is CC(C)=CC[C@H](O)C1(O)C(O)=C(C(=O)CC(C)C)C(=O)[C@@H]1CC=C(C)C. The molecule has 0 fully saturated rings. The number of carbonyl (C=O) groups excluding carboxylic acids is 2. The van der Waals surface area contributed by atoms with Crippen LogP contribution in [-0.4, -0.2) is 38.6 Å². The van der Waals surface area contributed by atoms with Crippen LogP contribution >= 0.6 is 0 Å². The Morgan fingerprint density at radius 3 is 2.15 bits per heavy atom. The number of hydrogen-bond acceptors (Lipinski definition) is 5. The second kappa shape index (κ2) is 8.78. The number of ketones is 2. The molecule has 0 aromatic rings. The van der Waals surface area contributed by atoms with Crippen molar-refractivity contribution in [1.29, 1.82) is 0 Å². The van der Waals surface area contributed by atoms with Crippen LogP contribution in [-0.2, 0) is 9.59 Å². The van der Waals surface area contributed by atoms with Crippen LogP contribution in [0.15, 0.2) is 34.6 Å². The summed E-state index contributed by atoms with van der Waals surface area (Å²) < 4.78 is 0. The van der Waals surface area contributed by atoms with E-state index in [1.165, 1.54) is 0 Å². The predicted molar refractivity (Wildman–Crippen MR) is 102 cm³/mol. The second-order valence-corrected chi connectivity index (χ2v) is 8.04. The number of carbonyl (C=O) groups is 2. The lowest BCUT2D eigenvalue weighted by Gasteiger charge is -2.33. The van der Waals surface area contributed by atoms with Gasteiger partial charge in [-0.15, -0.1) is 0 Å². The van der Waals surface area contributed by atoms with Crippen molar-refractivity contribution in [3.8, 4) is 0 Å².